The summed E-state index contributed by atoms with van der Waals surface area (Å²) in [4.78, 5) is 8.64. The molecule has 3 aromatic heterocycles. The number of hydrogen-bond acceptors (Lipinski definition) is 3. The second-order valence-corrected chi connectivity index (χ2v) is 5.45. The van der Waals surface area contributed by atoms with Crippen LogP contribution >= 0.6 is 0 Å². The van der Waals surface area contributed by atoms with Crippen LogP contribution in [0.3, 0.4) is 0 Å². The minimum atomic E-state index is 0. The Morgan fingerprint density at radius 2 is 1.50 bits per heavy atom. The maximum absolute atomic E-state index is 4.55. The molecule has 0 aliphatic carbocycles. The fourth-order valence-corrected chi connectivity index (χ4v) is 3.19. The van der Waals surface area contributed by atoms with Crippen LogP contribution in [-0.4, -0.2) is 15.1 Å². The van der Waals surface area contributed by atoms with Crippen molar-refractivity contribution in [2.24, 2.45) is 0 Å². The first-order valence-electron chi connectivity index (χ1n) is 7.42. The van der Waals surface area contributed by atoms with Gasteiger partial charge in [0.05, 0.1) is 11.2 Å². The largest absolute Gasteiger partial charge is 0.573 e. The van der Waals surface area contributed by atoms with E-state index in [2.05, 4.69) is 44.4 Å². The Hall–Kier alpha value is -2.62. The molecule has 5 heteroatoms. The third kappa shape index (κ3) is 2.06. The molecule has 0 unspecified atom stereocenters. The van der Waals surface area contributed by atoms with Gasteiger partial charge < -0.3 is 10.2 Å². The van der Waals surface area contributed by atoms with Crippen molar-refractivity contribution >= 4 is 32.6 Å². The van der Waals surface area contributed by atoms with Gasteiger partial charge in [-0.3, -0.25) is 9.97 Å². The summed E-state index contributed by atoms with van der Waals surface area (Å²) in [5, 5.41) is 13.4. The molecule has 5 rings (SSSR count). The van der Waals surface area contributed by atoms with E-state index in [-0.39, 0.29) is 20.1 Å². The van der Waals surface area contributed by atoms with Crippen molar-refractivity contribution in [2.45, 2.75) is 0 Å². The summed E-state index contributed by atoms with van der Waals surface area (Å²) in [6, 6.07) is 16.3. The molecule has 0 aliphatic heterocycles. The zero-order valence-corrected chi connectivity index (χ0v) is 14.9. The SMILES string of the molecule is [Ir].c1ccc2c(c1)c1cccnc1c1[n-]nc(-c3ccncc3)c21. The van der Waals surface area contributed by atoms with Crippen LogP contribution in [0.15, 0.2) is 67.1 Å². The van der Waals surface area contributed by atoms with Gasteiger partial charge in [0.25, 0.3) is 0 Å². The third-order valence-electron chi connectivity index (χ3n) is 4.20. The van der Waals surface area contributed by atoms with Crippen molar-refractivity contribution in [3.63, 3.8) is 0 Å². The van der Waals surface area contributed by atoms with Gasteiger partial charge in [0.2, 0.25) is 0 Å². The first-order valence-corrected chi connectivity index (χ1v) is 7.42. The van der Waals surface area contributed by atoms with Crippen molar-refractivity contribution in [3.05, 3.63) is 67.1 Å². The molecule has 2 aromatic carbocycles. The number of pyridine rings is 2. The maximum atomic E-state index is 4.55. The summed E-state index contributed by atoms with van der Waals surface area (Å²) in [5.41, 5.74) is 3.65. The molecule has 0 spiro atoms. The molecular formula is C19H11IrN4-. The van der Waals surface area contributed by atoms with Gasteiger partial charge in [-0.2, -0.15) is 0 Å². The monoisotopic (exact) mass is 488 g/mol. The Kier molecular flexibility index (Phi) is 3.60. The molecule has 117 valence electrons. The fraction of sp³-hybridized carbons (Fsp3) is 0. The van der Waals surface area contributed by atoms with Gasteiger partial charge in [0.1, 0.15) is 0 Å². The molecule has 0 amide bonds. The average molecular weight is 488 g/mol. The Bertz CT molecular complexity index is 1170. The van der Waals surface area contributed by atoms with E-state index >= 15 is 0 Å². The second kappa shape index (κ2) is 5.78. The zero-order chi connectivity index (χ0) is 15.2. The standard InChI is InChI=1S/C19H11N4.Ir/c1-2-5-14-13(4-1)15-6-3-9-21-18(15)19-16(14)17(22-23-19)12-7-10-20-11-8-12;/h1-11H;/q-1;. The topological polar surface area (TPSA) is 52.8 Å². The molecule has 1 radical (unpaired) electrons. The molecule has 0 aliphatic rings. The minimum absolute atomic E-state index is 0. The molecule has 0 saturated heterocycles. The first kappa shape index (κ1) is 14.9. The summed E-state index contributed by atoms with van der Waals surface area (Å²) in [6.07, 6.45) is 5.35. The van der Waals surface area contributed by atoms with Gasteiger partial charge in [-0.1, -0.05) is 35.8 Å². The molecule has 0 N–H and O–H groups in total. The first-order chi connectivity index (χ1) is 11.4. The van der Waals surface area contributed by atoms with Gasteiger partial charge in [0.15, 0.2) is 0 Å². The number of fused-ring (bicyclic) bond motifs is 6. The van der Waals surface area contributed by atoms with Gasteiger partial charge in [-0.25, -0.2) is 0 Å². The number of hydrogen-bond donors (Lipinski definition) is 0. The van der Waals surface area contributed by atoms with Crippen LogP contribution in [0.1, 0.15) is 0 Å². The quantitative estimate of drug-likeness (QED) is 0.336. The molecule has 5 aromatic rings. The van der Waals surface area contributed by atoms with E-state index in [4.69, 9.17) is 0 Å². The second-order valence-electron chi connectivity index (χ2n) is 5.45. The fourth-order valence-electron chi connectivity index (χ4n) is 3.19. The molecule has 24 heavy (non-hydrogen) atoms. The average Bonchev–Trinajstić information content (AvgIpc) is 3.08. The Morgan fingerprint density at radius 3 is 2.33 bits per heavy atom. The molecule has 0 bridgehead atoms. The number of rotatable bonds is 1. The van der Waals surface area contributed by atoms with Crippen LogP contribution in [0.5, 0.6) is 0 Å². The minimum Gasteiger partial charge on any atom is -0.573 e. The predicted molar refractivity (Wildman–Crippen MR) is 91.1 cm³/mol. The molecule has 0 atom stereocenters. The normalized spacial score (nSPS) is 11.0. The van der Waals surface area contributed by atoms with Gasteiger partial charge in [-0.15, -0.1) is 0 Å². The number of nitrogens with zero attached hydrogens (tertiary/aromatic N) is 4. The molecule has 0 saturated carbocycles. The Balaban J connectivity index is 0.00000146. The van der Waals surface area contributed by atoms with E-state index in [9.17, 15) is 0 Å². The summed E-state index contributed by atoms with van der Waals surface area (Å²) >= 11 is 0. The number of aromatic nitrogens is 4. The molecular weight excluding hydrogens is 476 g/mol. The van der Waals surface area contributed by atoms with E-state index in [0.717, 1.165) is 38.4 Å². The van der Waals surface area contributed by atoms with Crippen LogP contribution < -0.4 is 5.10 Å². The molecule has 0 fully saturated rings. The van der Waals surface area contributed by atoms with Crippen molar-refractivity contribution in [3.8, 4) is 11.3 Å². The Morgan fingerprint density at radius 1 is 0.750 bits per heavy atom. The van der Waals surface area contributed by atoms with Crippen molar-refractivity contribution in [2.75, 3.05) is 0 Å². The van der Waals surface area contributed by atoms with Gasteiger partial charge >= 0.3 is 0 Å². The van der Waals surface area contributed by atoms with Gasteiger partial charge in [0, 0.05) is 49.6 Å². The number of benzene rings is 2. The van der Waals surface area contributed by atoms with E-state index in [1.807, 2.05) is 24.3 Å². The maximum Gasteiger partial charge on any atom is 0.0578 e. The molecule has 3 heterocycles. The van der Waals surface area contributed by atoms with Crippen molar-refractivity contribution in [1.29, 1.82) is 0 Å². The Labute approximate surface area is 151 Å². The van der Waals surface area contributed by atoms with Crippen molar-refractivity contribution < 1.29 is 20.1 Å². The molecule has 4 nitrogen and oxygen atoms in total. The van der Waals surface area contributed by atoms with E-state index in [0.29, 0.717) is 0 Å². The van der Waals surface area contributed by atoms with E-state index < -0.39 is 0 Å². The third-order valence-corrected chi connectivity index (χ3v) is 4.20. The summed E-state index contributed by atoms with van der Waals surface area (Å²) in [7, 11) is 0. The van der Waals surface area contributed by atoms with E-state index in [1.54, 1.807) is 18.6 Å². The summed E-state index contributed by atoms with van der Waals surface area (Å²) in [6.45, 7) is 0. The van der Waals surface area contributed by atoms with Crippen LogP contribution in [0.2, 0.25) is 0 Å². The van der Waals surface area contributed by atoms with Gasteiger partial charge in [-0.05, 0) is 34.4 Å². The van der Waals surface area contributed by atoms with Crippen LogP contribution in [-0.2, 0) is 20.1 Å². The van der Waals surface area contributed by atoms with Crippen molar-refractivity contribution in [1.82, 2.24) is 20.2 Å². The van der Waals surface area contributed by atoms with E-state index in [1.165, 1.54) is 5.39 Å². The predicted octanol–water partition coefficient (Wildman–Crippen LogP) is 3.95. The van der Waals surface area contributed by atoms with Crippen LogP contribution in [0.25, 0.3) is 43.8 Å². The van der Waals surface area contributed by atoms with Crippen LogP contribution in [0.4, 0.5) is 0 Å². The summed E-state index contributed by atoms with van der Waals surface area (Å²) in [5.74, 6) is 0. The summed E-state index contributed by atoms with van der Waals surface area (Å²) < 4.78 is 0. The van der Waals surface area contributed by atoms with Crippen LogP contribution in [0, 0.1) is 0 Å². The smallest absolute Gasteiger partial charge is 0.0578 e. The zero-order valence-electron chi connectivity index (χ0n) is 12.5.